The minimum atomic E-state index is -1.10. The Labute approximate surface area is 271 Å². The maximum atomic E-state index is 9.03. The molecule has 0 atom stereocenters. The van der Waals surface area contributed by atoms with Crippen LogP contribution in [0.3, 0.4) is 0 Å². The summed E-state index contributed by atoms with van der Waals surface area (Å²) in [5, 5.41) is 0.588. The Bertz CT molecular complexity index is 2750. The van der Waals surface area contributed by atoms with Crippen molar-refractivity contribution >= 4 is 104 Å². The van der Waals surface area contributed by atoms with E-state index in [1.165, 1.54) is 0 Å². The second kappa shape index (κ2) is 8.26. The van der Waals surface area contributed by atoms with Gasteiger partial charge >= 0.3 is 0 Å². The molecule has 0 bridgehead atoms. The van der Waals surface area contributed by atoms with Crippen LogP contribution in [0.1, 0.15) is 21.9 Å². The topological polar surface area (TPSA) is 25.8 Å². The SMILES string of the molecule is [3H]c1c([3H])c([3H])c2c(c1[3H])Sc1nc3c4c5c(nc3c3c1B2c1c([3H])c([3H])c([3H])c([3H])c1S3)Sc1c([3H])c([3H])c([3H])c([3H])c1B5c1c([3H])c([3H])c([3H])c([3H])c1S4. The first-order valence-corrected chi connectivity index (χ1v) is 15.3. The first-order valence-electron chi connectivity index (χ1n) is 20.0. The first kappa shape index (κ1) is 12.5. The summed E-state index contributed by atoms with van der Waals surface area (Å²) in [6.45, 7) is -2.20. The van der Waals surface area contributed by atoms with Crippen molar-refractivity contribution in [2.24, 2.45) is 0 Å². The Hall–Kier alpha value is -3.03. The number of rotatable bonds is 0. The van der Waals surface area contributed by atoms with Crippen molar-refractivity contribution in [2.45, 2.75) is 39.4 Å². The van der Waals surface area contributed by atoms with E-state index in [1.54, 1.807) is 0 Å². The van der Waals surface area contributed by atoms with Crippen molar-refractivity contribution in [3.63, 3.8) is 0 Å². The molecule has 0 radical (unpaired) electrons. The van der Waals surface area contributed by atoms with Crippen LogP contribution in [-0.4, -0.2) is 23.4 Å². The molecular formula is C32H16B2N2S4. The van der Waals surface area contributed by atoms with Gasteiger partial charge in [0.15, 0.2) is 0 Å². The molecule has 0 N–H and O–H groups in total. The van der Waals surface area contributed by atoms with E-state index >= 15 is 0 Å². The van der Waals surface area contributed by atoms with Gasteiger partial charge < -0.3 is 0 Å². The van der Waals surface area contributed by atoms with Gasteiger partial charge in [-0.25, -0.2) is 9.97 Å². The van der Waals surface area contributed by atoms with E-state index in [2.05, 4.69) is 0 Å². The molecule has 0 fully saturated rings. The maximum absolute atomic E-state index is 9.03. The molecule has 40 heavy (non-hydrogen) atoms. The Kier molecular flexibility index (Phi) is 2.57. The molecule has 0 saturated heterocycles. The van der Waals surface area contributed by atoms with Crippen LogP contribution in [-0.2, 0) is 0 Å². The third-order valence-corrected chi connectivity index (χ3v) is 11.6. The third-order valence-electron chi connectivity index (χ3n) is 7.29. The summed E-state index contributed by atoms with van der Waals surface area (Å²) in [4.78, 5) is 11.6. The van der Waals surface area contributed by atoms with Crippen molar-refractivity contribution in [1.82, 2.24) is 9.97 Å². The lowest BCUT2D eigenvalue weighted by Gasteiger charge is -2.35. The molecule has 8 heteroatoms. The number of benzene rings is 4. The Balaban J connectivity index is 1.37. The summed E-state index contributed by atoms with van der Waals surface area (Å²) in [5.41, 5.74) is 1.93. The predicted octanol–water partition coefficient (Wildman–Crippen LogP) is 4.52. The zero-order valence-electron chi connectivity index (χ0n) is 35.7. The monoisotopic (exact) mass is 610 g/mol. The van der Waals surface area contributed by atoms with Crippen LogP contribution < -0.4 is 32.8 Å². The maximum Gasteiger partial charge on any atom is 0.249 e. The fourth-order valence-corrected chi connectivity index (χ4v) is 10.2. The number of pyridine rings is 2. The molecule has 0 amide bonds. The molecule has 6 heterocycles. The highest BCUT2D eigenvalue weighted by atomic mass is 32.2. The lowest BCUT2D eigenvalue weighted by atomic mass is 9.36. The zero-order valence-corrected chi connectivity index (χ0v) is 22.9. The van der Waals surface area contributed by atoms with Gasteiger partial charge in [0.2, 0.25) is 13.4 Å². The average Bonchev–Trinajstić information content (AvgIpc) is 3.19. The first-order chi connectivity index (χ1) is 26.5. The lowest BCUT2D eigenvalue weighted by molar-refractivity contribution is 1.09. The van der Waals surface area contributed by atoms with E-state index in [0.717, 1.165) is 47.0 Å². The second-order valence-electron chi connectivity index (χ2n) is 9.26. The predicted molar refractivity (Wildman–Crippen MR) is 171 cm³/mol. The molecule has 0 unspecified atom stereocenters. The van der Waals surface area contributed by atoms with Gasteiger partial charge in [0, 0.05) is 29.4 Å². The minimum absolute atomic E-state index is 0.139. The summed E-state index contributed by atoms with van der Waals surface area (Å²) in [5.74, 6) is 0. The van der Waals surface area contributed by atoms with Gasteiger partial charge in [-0.15, -0.1) is 0 Å². The normalized spacial score (nSPS) is 20.6. The number of nitrogens with zero attached hydrogens (tertiary/aromatic N) is 2. The van der Waals surface area contributed by atoms with Gasteiger partial charge in [-0.2, -0.15) is 0 Å². The van der Waals surface area contributed by atoms with Crippen LogP contribution >= 0.6 is 47.0 Å². The van der Waals surface area contributed by atoms with Crippen LogP contribution in [0.15, 0.2) is 136 Å². The Morgan fingerprint density at radius 2 is 0.775 bits per heavy atom. The quantitative estimate of drug-likeness (QED) is 0.235. The summed E-state index contributed by atoms with van der Waals surface area (Å²) in [6.07, 6.45) is 0. The molecule has 6 aromatic rings. The van der Waals surface area contributed by atoms with Crippen LogP contribution in [0.25, 0.3) is 11.0 Å². The number of fused-ring (bicyclic) bond motifs is 11. The van der Waals surface area contributed by atoms with Crippen molar-refractivity contribution < 1.29 is 21.9 Å². The Morgan fingerprint density at radius 3 is 1.15 bits per heavy atom. The van der Waals surface area contributed by atoms with Gasteiger partial charge in [0.05, 0.1) is 32.0 Å². The summed E-state index contributed by atoms with van der Waals surface area (Å²) >= 11 is 4.06. The van der Waals surface area contributed by atoms with Crippen LogP contribution in [0, 0.1) is 0 Å². The molecule has 10 rings (SSSR count). The third kappa shape index (κ3) is 2.95. The second-order valence-corrected chi connectivity index (χ2v) is 13.3. The van der Waals surface area contributed by atoms with E-state index in [4.69, 9.17) is 31.9 Å². The highest BCUT2D eigenvalue weighted by Gasteiger charge is 2.43. The van der Waals surface area contributed by atoms with E-state index in [-0.39, 0.29) is 101 Å². The van der Waals surface area contributed by atoms with Crippen LogP contribution in [0.2, 0.25) is 0 Å². The average molecular weight is 611 g/mol. The molecule has 0 saturated carbocycles. The zero-order chi connectivity index (χ0) is 39.9. The van der Waals surface area contributed by atoms with Crippen molar-refractivity contribution in [1.29, 1.82) is 0 Å². The largest absolute Gasteiger partial charge is 0.249 e. The highest BCUT2D eigenvalue weighted by molar-refractivity contribution is 8.02. The standard InChI is InChI=1S/C32H16B2N2S4/c1-5-13-21-17(9-1)33-19-11-3-7-15-23(19)39-31-25(33)29(37-21)27-28(35-31)30-26-32(36-27)40-24-16-8-4-12-20(24)34(26)18-10-2-6-14-22(18)38-30/h1-16H/i1T,2T,3T,4T,5T,6T,7T,8T,9T,10T,11T,12T,13T,14T,15T,16T. The smallest absolute Gasteiger partial charge is 0.239 e. The van der Waals surface area contributed by atoms with E-state index < -0.39 is 61.8 Å². The fourth-order valence-electron chi connectivity index (χ4n) is 5.71. The van der Waals surface area contributed by atoms with Crippen molar-refractivity contribution in [3.8, 4) is 0 Å². The summed E-state index contributed by atoms with van der Waals surface area (Å²) in [6, 6.07) is -6.79. The van der Waals surface area contributed by atoms with Gasteiger partial charge in [0.1, 0.15) is 11.0 Å². The molecule has 184 valence electrons. The van der Waals surface area contributed by atoms with E-state index in [0.29, 0.717) is 30.8 Å². The fraction of sp³-hybridized carbons (Fsp3) is 0. The van der Waals surface area contributed by atoms with E-state index in [1.807, 2.05) is 0 Å². The molecule has 0 aliphatic carbocycles. The van der Waals surface area contributed by atoms with Crippen molar-refractivity contribution in [3.05, 3.63) is 96.7 Å². The van der Waals surface area contributed by atoms with Gasteiger partial charge in [-0.05, 0) is 35.1 Å². The highest BCUT2D eigenvalue weighted by Crippen LogP contribution is 2.45. The molecule has 0 spiro atoms. The van der Waals surface area contributed by atoms with Gasteiger partial charge in [-0.1, -0.05) is 141 Å². The number of aromatic nitrogens is 2. The summed E-state index contributed by atoms with van der Waals surface area (Å²) < 4.78 is 140. The molecule has 2 aromatic heterocycles. The lowest BCUT2D eigenvalue weighted by Crippen LogP contribution is -2.59. The minimum Gasteiger partial charge on any atom is -0.239 e. The summed E-state index contributed by atoms with van der Waals surface area (Å²) in [7, 11) is 0. The molecule has 4 aromatic carbocycles. The number of hydrogen-bond donors (Lipinski definition) is 0. The van der Waals surface area contributed by atoms with Crippen LogP contribution in [0.4, 0.5) is 0 Å². The van der Waals surface area contributed by atoms with Crippen LogP contribution in [0.5, 0.6) is 0 Å². The Morgan fingerprint density at radius 1 is 0.450 bits per heavy atom. The van der Waals surface area contributed by atoms with Gasteiger partial charge in [-0.3, -0.25) is 0 Å². The molecular weight excluding hydrogens is 562 g/mol. The number of hydrogen-bond acceptors (Lipinski definition) is 6. The molecule has 4 aliphatic rings. The van der Waals surface area contributed by atoms with E-state index in [9.17, 15) is 0 Å². The van der Waals surface area contributed by atoms with Crippen molar-refractivity contribution in [2.75, 3.05) is 0 Å². The molecule has 4 aliphatic heterocycles. The van der Waals surface area contributed by atoms with Gasteiger partial charge in [0.25, 0.3) is 0 Å². The molecule has 2 nitrogen and oxygen atoms in total.